The lowest BCUT2D eigenvalue weighted by Gasteiger charge is -2.67. The number of nitrogens with zero attached hydrogens (tertiary/aromatic N) is 3. The minimum atomic E-state index is -2.20. The second-order valence-electron chi connectivity index (χ2n) is 13.1. The van der Waals surface area contributed by atoms with E-state index in [1.807, 2.05) is 0 Å². The van der Waals surface area contributed by atoms with E-state index < -0.39 is 88.6 Å². The molecule has 0 spiro atoms. The number of ketones is 1. The Morgan fingerprint density at radius 2 is 1.80 bits per heavy atom. The average Bonchev–Trinajstić information content (AvgIpc) is 2.95. The molecule has 45 heavy (non-hydrogen) atoms. The molecule has 3 aliphatic carbocycles. The van der Waals surface area contributed by atoms with Gasteiger partial charge in [-0.2, -0.15) is 0 Å². The fourth-order valence-electron chi connectivity index (χ4n) is 8.08. The van der Waals surface area contributed by atoms with Gasteiger partial charge in [0, 0.05) is 42.7 Å². The van der Waals surface area contributed by atoms with E-state index in [0.717, 1.165) is 13.8 Å². The lowest BCUT2D eigenvalue weighted by Crippen LogP contribution is -2.81. The Morgan fingerprint density at radius 1 is 1.11 bits per heavy atom. The number of carbonyl (C=O) groups is 4. The molecule has 3 N–H and O–H groups in total. The molecule has 14 nitrogen and oxygen atoms in total. The van der Waals surface area contributed by atoms with Gasteiger partial charge in [-0.3, -0.25) is 14.4 Å². The quantitative estimate of drug-likeness (QED) is 0.108. The van der Waals surface area contributed by atoms with Gasteiger partial charge in [0.25, 0.3) is 0 Å². The standard InChI is InChI=1S/C31H37N3O11/c1-14-19(37)12-31(41)26(44-27(40)17-8-7-9-18(10-17)33-34-32)24-29(6,20(38)11-21-30(24,13-42-21)45-16(3)36)25(39)23(43-15(2)35)22(14)28(31,4)5/h7-10,19-21,23-24,26,37-38,41H,11-13H2,1-6H3/t19-,20-,21+,23+,24?,26?,29+,30-,31+/m0/s1. The van der Waals surface area contributed by atoms with Crippen LogP contribution >= 0.6 is 0 Å². The van der Waals surface area contributed by atoms with Gasteiger partial charge in [0.1, 0.15) is 17.8 Å². The van der Waals surface area contributed by atoms with Crippen molar-refractivity contribution in [1.29, 1.82) is 0 Å². The van der Waals surface area contributed by atoms with E-state index in [9.17, 15) is 34.5 Å². The van der Waals surface area contributed by atoms with Gasteiger partial charge in [0.15, 0.2) is 17.5 Å². The first-order valence-electron chi connectivity index (χ1n) is 14.6. The van der Waals surface area contributed by atoms with E-state index >= 15 is 0 Å². The molecule has 4 aliphatic rings. The summed E-state index contributed by atoms with van der Waals surface area (Å²) < 4.78 is 23.5. The lowest BCUT2D eigenvalue weighted by molar-refractivity contribution is -0.345. The Balaban J connectivity index is 1.82. The second-order valence-corrected chi connectivity index (χ2v) is 13.1. The van der Waals surface area contributed by atoms with Crippen molar-refractivity contribution < 1.29 is 53.4 Å². The van der Waals surface area contributed by atoms with E-state index in [1.165, 1.54) is 31.2 Å². The molecule has 242 valence electrons. The van der Waals surface area contributed by atoms with Crippen LogP contribution in [-0.2, 0) is 33.3 Å². The summed E-state index contributed by atoms with van der Waals surface area (Å²) in [7, 11) is 0. The minimum Gasteiger partial charge on any atom is -0.455 e. The molecule has 1 heterocycles. The maximum absolute atomic E-state index is 14.9. The van der Waals surface area contributed by atoms with Gasteiger partial charge in [-0.1, -0.05) is 31.1 Å². The van der Waals surface area contributed by atoms with Crippen molar-refractivity contribution in [2.24, 2.45) is 21.9 Å². The van der Waals surface area contributed by atoms with Gasteiger partial charge < -0.3 is 34.3 Å². The number of aliphatic hydroxyl groups is 3. The number of hydrogen-bond acceptors (Lipinski definition) is 12. The Kier molecular flexibility index (Phi) is 7.90. The molecule has 14 heteroatoms. The summed E-state index contributed by atoms with van der Waals surface area (Å²) in [6, 6.07) is 5.60. The number of carbonyl (C=O) groups excluding carboxylic acids is 4. The number of Topliss-reactive ketones (excluding diaryl/α,β-unsaturated/α-hetero) is 1. The summed E-state index contributed by atoms with van der Waals surface area (Å²) in [5.74, 6) is -4.78. The highest BCUT2D eigenvalue weighted by Gasteiger charge is 2.78. The summed E-state index contributed by atoms with van der Waals surface area (Å²) in [6.45, 7) is 8.16. The number of aliphatic hydroxyl groups excluding tert-OH is 2. The fourth-order valence-corrected chi connectivity index (χ4v) is 8.08. The van der Waals surface area contributed by atoms with E-state index in [1.54, 1.807) is 20.8 Å². The maximum atomic E-state index is 14.9. The Hall–Kier alpha value is -3.81. The first-order valence-corrected chi connectivity index (χ1v) is 14.6. The zero-order valence-electron chi connectivity index (χ0n) is 25.8. The number of benzene rings is 1. The summed E-state index contributed by atoms with van der Waals surface area (Å²) in [5, 5.41) is 39.5. The van der Waals surface area contributed by atoms with Gasteiger partial charge >= 0.3 is 17.9 Å². The zero-order chi connectivity index (χ0) is 33.3. The molecule has 5 rings (SSSR count). The number of fused-ring (bicyclic) bond motifs is 5. The van der Waals surface area contributed by atoms with E-state index in [4.69, 9.17) is 24.5 Å². The number of hydrogen-bond donors (Lipinski definition) is 3. The number of esters is 3. The maximum Gasteiger partial charge on any atom is 0.338 e. The van der Waals surface area contributed by atoms with Crippen LogP contribution in [-0.4, -0.2) is 87.3 Å². The molecule has 1 aliphatic heterocycles. The molecule has 1 saturated heterocycles. The molecule has 2 saturated carbocycles. The van der Waals surface area contributed by atoms with Crippen molar-refractivity contribution in [2.75, 3.05) is 6.61 Å². The van der Waals surface area contributed by atoms with Gasteiger partial charge in [-0.25, -0.2) is 4.79 Å². The van der Waals surface area contributed by atoms with Crippen molar-refractivity contribution in [3.63, 3.8) is 0 Å². The fraction of sp³-hybridized carbons (Fsp3) is 0.613. The Morgan fingerprint density at radius 3 is 2.38 bits per heavy atom. The van der Waals surface area contributed by atoms with Gasteiger partial charge in [0.2, 0.25) is 0 Å². The van der Waals surface area contributed by atoms with E-state index in [0.29, 0.717) is 0 Å². The molecule has 0 amide bonds. The third-order valence-corrected chi connectivity index (χ3v) is 10.4. The third kappa shape index (κ3) is 4.66. The zero-order valence-corrected chi connectivity index (χ0v) is 25.8. The second kappa shape index (κ2) is 10.9. The average molecular weight is 628 g/mol. The van der Waals surface area contributed by atoms with Gasteiger partial charge in [0.05, 0.1) is 35.7 Å². The predicted octanol–water partition coefficient (Wildman–Crippen LogP) is 2.59. The van der Waals surface area contributed by atoms with Crippen LogP contribution in [0.3, 0.4) is 0 Å². The smallest absolute Gasteiger partial charge is 0.338 e. The van der Waals surface area contributed by atoms with Crippen molar-refractivity contribution in [2.45, 2.75) is 96.1 Å². The van der Waals surface area contributed by atoms with E-state index in [-0.39, 0.29) is 35.4 Å². The summed E-state index contributed by atoms with van der Waals surface area (Å²) in [5.41, 5.74) is 2.00. The van der Waals surface area contributed by atoms with Crippen LogP contribution in [0.25, 0.3) is 10.4 Å². The normalized spacial score (nSPS) is 38.2. The molecular formula is C31H37N3O11. The van der Waals surface area contributed by atoms with Crippen LogP contribution < -0.4 is 0 Å². The third-order valence-electron chi connectivity index (χ3n) is 10.4. The monoisotopic (exact) mass is 627 g/mol. The van der Waals surface area contributed by atoms with Crippen LogP contribution in [0.15, 0.2) is 40.5 Å². The van der Waals surface area contributed by atoms with Crippen molar-refractivity contribution >= 4 is 29.4 Å². The first kappa shape index (κ1) is 32.6. The van der Waals surface area contributed by atoms with Crippen LogP contribution in [0.4, 0.5) is 5.69 Å². The Bertz CT molecular complexity index is 1550. The van der Waals surface area contributed by atoms with Gasteiger partial charge in [-0.15, -0.1) is 0 Å². The molecular weight excluding hydrogens is 590 g/mol. The first-order chi connectivity index (χ1) is 21.0. The molecule has 1 aromatic rings. The Labute approximate surface area is 258 Å². The van der Waals surface area contributed by atoms with Crippen molar-refractivity contribution in [3.05, 3.63) is 51.4 Å². The largest absolute Gasteiger partial charge is 0.455 e. The van der Waals surface area contributed by atoms with Crippen molar-refractivity contribution in [1.82, 2.24) is 0 Å². The molecule has 2 bridgehead atoms. The molecule has 0 radical (unpaired) electrons. The summed E-state index contributed by atoms with van der Waals surface area (Å²) in [6.07, 6.45) is -7.71. The van der Waals surface area contributed by atoms with Crippen LogP contribution in [0.1, 0.15) is 64.7 Å². The van der Waals surface area contributed by atoms with Gasteiger partial charge in [-0.05, 0) is 42.7 Å². The van der Waals surface area contributed by atoms with Crippen LogP contribution in [0, 0.1) is 16.7 Å². The number of azide groups is 1. The lowest BCUT2D eigenvalue weighted by atomic mass is 9.44. The highest BCUT2D eigenvalue weighted by molar-refractivity contribution is 5.95. The number of rotatable bonds is 5. The van der Waals surface area contributed by atoms with Crippen molar-refractivity contribution in [3.8, 4) is 0 Å². The van der Waals surface area contributed by atoms with Crippen LogP contribution in [0.5, 0.6) is 0 Å². The topological polar surface area (TPSA) is 215 Å². The van der Waals surface area contributed by atoms with Crippen LogP contribution in [0.2, 0.25) is 0 Å². The highest BCUT2D eigenvalue weighted by atomic mass is 16.6. The molecule has 0 aromatic heterocycles. The molecule has 1 aromatic carbocycles. The molecule has 9 atom stereocenters. The summed E-state index contributed by atoms with van der Waals surface area (Å²) in [4.78, 5) is 56.6. The highest BCUT2D eigenvalue weighted by Crippen LogP contribution is 2.64. The predicted molar refractivity (Wildman–Crippen MR) is 154 cm³/mol. The number of ether oxygens (including phenoxy) is 4. The molecule has 2 unspecified atom stereocenters. The summed E-state index contributed by atoms with van der Waals surface area (Å²) >= 11 is 0. The molecule has 3 fully saturated rings. The minimum absolute atomic E-state index is 0.0585. The SMILES string of the molecule is CC(=O)O[C@H]1C(=O)[C@@]2(C)C(C(OC(=O)c3cccc(N=[N+]=[N-])c3)[C@]3(O)C[C@H](O)C(C)=C1C3(C)C)[C@]1(OC(C)=O)CO[C@@H]1C[C@@H]2O. The van der Waals surface area contributed by atoms with E-state index in [2.05, 4.69) is 10.0 Å².